The number of piperidine rings is 1. The molecule has 2 aromatic rings. The molecule has 2 fully saturated rings. The zero-order valence-electron chi connectivity index (χ0n) is 18.5. The minimum absolute atomic E-state index is 0.149. The molecule has 0 bridgehead atoms. The van der Waals surface area contributed by atoms with Crippen LogP contribution in [0.2, 0.25) is 0 Å². The van der Waals surface area contributed by atoms with E-state index in [0.717, 1.165) is 35.6 Å². The number of likely N-dealkylation sites (tertiary alicyclic amines) is 1. The molecule has 6 nitrogen and oxygen atoms in total. The maximum atomic E-state index is 13.8. The summed E-state index contributed by atoms with van der Waals surface area (Å²) in [5.41, 5.74) is 1.32. The van der Waals surface area contributed by atoms with Crippen LogP contribution in [0.25, 0.3) is 0 Å². The van der Waals surface area contributed by atoms with E-state index in [1.54, 1.807) is 7.11 Å². The zero-order valence-corrected chi connectivity index (χ0v) is 18.5. The first-order valence-corrected chi connectivity index (χ1v) is 11.4. The van der Waals surface area contributed by atoms with Gasteiger partial charge in [0.25, 0.3) is 0 Å². The van der Waals surface area contributed by atoms with Gasteiger partial charge in [-0.05, 0) is 30.9 Å². The van der Waals surface area contributed by atoms with Gasteiger partial charge in [0.2, 0.25) is 5.91 Å². The van der Waals surface area contributed by atoms with Crippen molar-refractivity contribution in [2.24, 2.45) is 5.92 Å². The highest BCUT2D eigenvalue weighted by molar-refractivity contribution is 5.82. The first-order chi connectivity index (χ1) is 15.6. The lowest BCUT2D eigenvalue weighted by Gasteiger charge is -2.43. The van der Waals surface area contributed by atoms with Gasteiger partial charge in [0.05, 0.1) is 31.1 Å². The Hall–Kier alpha value is -3.04. The van der Waals surface area contributed by atoms with Crippen molar-refractivity contribution in [3.63, 3.8) is 0 Å². The lowest BCUT2D eigenvalue weighted by atomic mass is 9.68. The molecule has 3 heterocycles. The molecule has 3 aliphatic heterocycles. The lowest BCUT2D eigenvalue weighted by molar-refractivity contribution is -0.138. The summed E-state index contributed by atoms with van der Waals surface area (Å²) in [6, 6.07) is 18.5. The number of para-hydroxylation sites is 1. The van der Waals surface area contributed by atoms with Crippen molar-refractivity contribution in [1.29, 1.82) is 5.26 Å². The highest BCUT2D eigenvalue weighted by Crippen LogP contribution is 2.50. The Morgan fingerprint density at radius 2 is 1.94 bits per heavy atom. The van der Waals surface area contributed by atoms with E-state index in [-0.39, 0.29) is 17.2 Å². The molecule has 0 aliphatic carbocycles. The highest BCUT2D eigenvalue weighted by atomic mass is 16.5. The number of carbonyl (C=O) groups is 1. The van der Waals surface area contributed by atoms with Gasteiger partial charge >= 0.3 is 0 Å². The molecule has 2 aromatic carbocycles. The maximum absolute atomic E-state index is 13.8. The lowest BCUT2D eigenvalue weighted by Crippen LogP contribution is -2.52. The molecule has 1 N–H and O–H groups in total. The standard InChI is InChI=1S/C26H29N3O3/c1-31-22-9-5-8-20-23(22)32-15-12-26(20)18-28-16-21(26)24(30)29-13-10-25(17-27,11-14-29)19-6-3-2-4-7-19/h2-9,21,28H,10-16,18H2,1H3/t21-,26-/m0/s1. The Bertz CT molecular complexity index is 1040. The van der Waals surface area contributed by atoms with Gasteiger partial charge in [0, 0.05) is 37.2 Å². The topological polar surface area (TPSA) is 74.6 Å². The number of ether oxygens (including phenoxy) is 2. The molecule has 1 spiro atoms. The number of carbonyl (C=O) groups excluding carboxylic acids is 1. The molecule has 2 atom stereocenters. The first kappa shape index (κ1) is 20.8. The van der Waals surface area contributed by atoms with Crippen LogP contribution in [0.1, 0.15) is 30.4 Å². The van der Waals surface area contributed by atoms with Crippen LogP contribution in [0, 0.1) is 17.2 Å². The molecular formula is C26H29N3O3. The molecule has 5 rings (SSSR count). The Balaban J connectivity index is 1.39. The summed E-state index contributed by atoms with van der Waals surface area (Å²) in [6.07, 6.45) is 2.14. The molecule has 0 saturated carbocycles. The molecular weight excluding hydrogens is 402 g/mol. The number of hydrogen-bond acceptors (Lipinski definition) is 5. The molecule has 0 unspecified atom stereocenters. The van der Waals surface area contributed by atoms with Crippen LogP contribution in [0.5, 0.6) is 11.5 Å². The molecule has 6 heteroatoms. The van der Waals surface area contributed by atoms with Crippen LogP contribution >= 0.6 is 0 Å². The van der Waals surface area contributed by atoms with E-state index in [9.17, 15) is 10.1 Å². The van der Waals surface area contributed by atoms with Crippen LogP contribution in [-0.2, 0) is 15.6 Å². The van der Waals surface area contributed by atoms with Crippen molar-refractivity contribution < 1.29 is 14.3 Å². The van der Waals surface area contributed by atoms with Gasteiger partial charge in [-0.1, -0.05) is 42.5 Å². The predicted molar refractivity (Wildman–Crippen MR) is 121 cm³/mol. The average Bonchev–Trinajstić information content (AvgIpc) is 3.28. The number of nitriles is 1. The summed E-state index contributed by atoms with van der Waals surface area (Å²) in [6.45, 7) is 3.20. The number of methoxy groups -OCH3 is 1. The summed E-state index contributed by atoms with van der Waals surface area (Å²) < 4.78 is 11.5. The number of rotatable bonds is 3. The number of hydrogen-bond donors (Lipinski definition) is 1. The Kier molecular flexibility index (Phi) is 5.30. The Labute approximate surface area is 189 Å². The number of nitrogens with zero attached hydrogens (tertiary/aromatic N) is 2. The summed E-state index contributed by atoms with van der Waals surface area (Å²) in [4.78, 5) is 15.8. The molecule has 32 heavy (non-hydrogen) atoms. The van der Waals surface area contributed by atoms with E-state index >= 15 is 0 Å². The second-order valence-electron chi connectivity index (χ2n) is 9.16. The maximum Gasteiger partial charge on any atom is 0.227 e. The van der Waals surface area contributed by atoms with Crippen molar-refractivity contribution >= 4 is 5.91 Å². The third-order valence-corrected chi connectivity index (χ3v) is 7.75. The van der Waals surface area contributed by atoms with Gasteiger partial charge in [0.15, 0.2) is 11.5 Å². The largest absolute Gasteiger partial charge is 0.493 e. The quantitative estimate of drug-likeness (QED) is 0.809. The molecule has 0 radical (unpaired) electrons. The normalized spacial score (nSPS) is 26.1. The van der Waals surface area contributed by atoms with E-state index in [4.69, 9.17) is 9.47 Å². The Morgan fingerprint density at radius 3 is 2.66 bits per heavy atom. The summed E-state index contributed by atoms with van der Waals surface area (Å²) in [5.74, 6) is 1.53. The predicted octanol–water partition coefficient (Wildman–Crippen LogP) is 3.02. The molecule has 3 aliphatic rings. The SMILES string of the molecule is COc1cccc2c1OCC[C@]21CNC[C@H]1C(=O)N1CCC(C#N)(c2ccccc2)CC1. The van der Waals surface area contributed by atoms with Crippen molar-refractivity contribution in [2.45, 2.75) is 30.1 Å². The summed E-state index contributed by atoms with van der Waals surface area (Å²) in [7, 11) is 1.65. The van der Waals surface area contributed by atoms with E-state index in [1.165, 1.54) is 0 Å². The van der Waals surface area contributed by atoms with Crippen LogP contribution in [0.3, 0.4) is 0 Å². The molecule has 166 valence electrons. The number of nitrogens with one attached hydrogen (secondary N) is 1. The fraction of sp³-hybridized carbons (Fsp3) is 0.462. The second-order valence-corrected chi connectivity index (χ2v) is 9.16. The number of fused-ring (bicyclic) bond motifs is 2. The van der Waals surface area contributed by atoms with E-state index < -0.39 is 5.41 Å². The first-order valence-electron chi connectivity index (χ1n) is 11.4. The van der Waals surface area contributed by atoms with E-state index in [2.05, 4.69) is 17.5 Å². The van der Waals surface area contributed by atoms with E-state index in [1.807, 2.05) is 47.4 Å². The zero-order chi connectivity index (χ0) is 22.2. The van der Waals surface area contributed by atoms with Crippen LogP contribution in [-0.4, -0.2) is 50.7 Å². The fourth-order valence-electron chi connectivity index (χ4n) is 5.87. The van der Waals surface area contributed by atoms with Gasteiger partial charge in [-0.2, -0.15) is 5.26 Å². The second kappa shape index (κ2) is 8.14. The monoisotopic (exact) mass is 431 g/mol. The van der Waals surface area contributed by atoms with Gasteiger partial charge in [-0.3, -0.25) is 4.79 Å². The van der Waals surface area contributed by atoms with Crippen LogP contribution < -0.4 is 14.8 Å². The van der Waals surface area contributed by atoms with Gasteiger partial charge < -0.3 is 19.7 Å². The smallest absolute Gasteiger partial charge is 0.227 e. The Morgan fingerprint density at radius 1 is 1.16 bits per heavy atom. The third-order valence-electron chi connectivity index (χ3n) is 7.75. The van der Waals surface area contributed by atoms with Crippen molar-refractivity contribution in [3.05, 3.63) is 59.7 Å². The third kappa shape index (κ3) is 3.15. The minimum atomic E-state index is -0.512. The van der Waals surface area contributed by atoms with Gasteiger partial charge in [0.1, 0.15) is 0 Å². The van der Waals surface area contributed by atoms with Crippen molar-refractivity contribution in [1.82, 2.24) is 10.2 Å². The van der Waals surface area contributed by atoms with E-state index in [0.29, 0.717) is 39.1 Å². The van der Waals surface area contributed by atoms with Crippen LogP contribution in [0.4, 0.5) is 0 Å². The average molecular weight is 432 g/mol. The molecule has 2 saturated heterocycles. The number of amides is 1. The molecule has 1 amide bonds. The molecule has 0 aromatic heterocycles. The number of benzene rings is 2. The fourth-order valence-corrected chi connectivity index (χ4v) is 5.87. The van der Waals surface area contributed by atoms with Crippen LogP contribution in [0.15, 0.2) is 48.5 Å². The van der Waals surface area contributed by atoms with Gasteiger partial charge in [-0.15, -0.1) is 0 Å². The summed E-state index contributed by atoms with van der Waals surface area (Å²) >= 11 is 0. The van der Waals surface area contributed by atoms with Crippen molar-refractivity contribution in [2.75, 3.05) is 39.9 Å². The minimum Gasteiger partial charge on any atom is -0.493 e. The summed E-state index contributed by atoms with van der Waals surface area (Å²) in [5, 5.41) is 13.5. The van der Waals surface area contributed by atoms with Gasteiger partial charge in [-0.25, -0.2) is 0 Å². The highest BCUT2D eigenvalue weighted by Gasteiger charge is 2.53. The van der Waals surface area contributed by atoms with Crippen molar-refractivity contribution in [3.8, 4) is 17.6 Å².